The van der Waals surface area contributed by atoms with E-state index in [-0.39, 0.29) is 5.91 Å². The molecule has 1 unspecified atom stereocenters. The predicted octanol–water partition coefficient (Wildman–Crippen LogP) is 3.75. The molecule has 4 heteroatoms. The molecule has 19 heavy (non-hydrogen) atoms. The number of fused-ring (bicyclic) bond motifs is 1. The quantitative estimate of drug-likeness (QED) is 0.874. The average molecular weight is 273 g/mol. The highest BCUT2D eigenvalue weighted by atomic mass is 35.5. The normalized spacial score (nSPS) is 16.9. The first kappa shape index (κ1) is 12.1. The van der Waals surface area contributed by atoms with Crippen molar-refractivity contribution in [3.05, 3.63) is 58.6 Å². The van der Waals surface area contributed by atoms with Crippen LogP contribution in [0, 0.1) is 6.92 Å². The Bertz CT molecular complexity index is 654. The maximum Gasteiger partial charge on any atom is 0.251 e. The van der Waals surface area contributed by atoms with Gasteiger partial charge in [0.05, 0.1) is 10.7 Å². The van der Waals surface area contributed by atoms with Crippen molar-refractivity contribution >= 4 is 28.9 Å². The molecule has 1 aliphatic heterocycles. The Hall–Kier alpha value is -2.00. The molecule has 1 aliphatic rings. The molecule has 0 bridgehead atoms. The standard InChI is InChI=1S/C15H13ClN2O/c1-9-6-7-12-10(8-9)14(15(19)18-12)17-13-5-3-2-4-11(13)16/h2-8,14,17H,1H3,(H,18,19). The summed E-state index contributed by atoms with van der Waals surface area (Å²) < 4.78 is 0. The van der Waals surface area contributed by atoms with E-state index in [0.717, 1.165) is 22.5 Å². The number of nitrogens with one attached hydrogen (secondary N) is 2. The third kappa shape index (κ3) is 2.17. The van der Waals surface area contributed by atoms with Crippen LogP contribution < -0.4 is 10.6 Å². The first-order chi connectivity index (χ1) is 9.15. The number of anilines is 2. The first-order valence-corrected chi connectivity index (χ1v) is 6.45. The van der Waals surface area contributed by atoms with Gasteiger partial charge in [-0.25, -0.2) is 0 Å². The van der Waals surface area contributed by atoms with E-state index in [4.69, 9.17) is 11.6 Å². The monoisotopic (exact) mass is 272 g/mol. The van der Waals surface area contributed by atoms with Crippen LogP contribution in [0.3, 0.4) is 0 Å². The molecule has 1 heterocycles. The van der Waals surface area contributed by atoms with Crippen molar-refractivity contribution in [3.63, 3.8) is 0 Å². The van der Waals surface area contributed by atoms with Gasteiger partial charge in [0.25, 0.3) is 5.91 Å². The van der Waals surface area contributed by atoms with Crippen molar-refractivity contribution in [1.82, 2.24) is 0 Å². The van der Waals surface area contributed by atoms with Gasteiger partial charge < -0.3 is 10.6 Å². The highest BCUT2D eigenvalue weighted by Crippen LogP contribution is 2.35. The summed E-state index contributed by atoms with van der Waals surface area (Å²) in [7, 11) is 0. The Morgan fingerprint density at radius 3 is 2.79 bits per heavy atom. The Labute approximate surface area is 116 Å². The zero-order valence-electron chi connectivity index (χ0n) is 10.4. The largest absolute Gasteiger partial charge is 0.369 e. The third-order valence-corrected chi connectivity index (χ3v) is 3.54. The van der Waals surface area contributed by atoms with Crippen molar-refractivity contribution in [2.75, 3.05) is 10.6 Å². The maximum atomic E-state index is 12.0. The van der Waals surface area contributed by atoms with Gasteiger partial charge >= 0.3 is 0 Å². The summed E-state index contributed by atoms with van der Waals surface area (Å²) in [5.41, 5.74) is 3.71. The van der Waals surface area contributed by atoms with E-state index in [1.807, 2.05) is 43.3 Å². The van der Waals surface area contributed by atoms with Crippen LogP contribution in [0.5, 0.6) is 0 Å². The minimum atomic E-state index is -0.394. The molecular weight excluding hydrogens is 260 g/mol. The van der Waals surface area contributed by atoms with Gasteiger partial charge in [0.1, 0.15) is 6.04 Å². The fourth-order valence-electron chi connectivity index (χ4n) is 2.26. The minimum Gasteiger partial charge on any atom is -0.369 e. The van der Waals surface area contributed by atoms with Crippen molar-refractivity contribution in [1.29, 1.82) is 0 Å². The highest BCUT2D eigenvalue weighted by Gasteiger charge is 2.30. The van der Waals surface area contributed by atoms with Crippen molar-refractivity contribution < 1.29 is 4.79 Å². The molecule has 2 N–H and O–H groups in total. The molecule has 0 aromatic heterocycles. The van der Waals surface area contributed by atoms with Crippen LogP contribution in [-0.4, -0.2) is 5.91 Å². The summed E-state index contributed by atoms with van der Waals surface area (Å²) in [5, 5.41) is 6.68. The van der Waals surface area contributed by atoms with E-state index in [2.05, 4.69) is 10.6 Å². The smallest absolute Gasteiger partial charge is 0.251 e. The van der Waals surface area contributed by atoms with Crippen molar-refractivity contribution in [2.45, 2.75) is 13.0 Å². The van der Waals surface area contributed by atoms with Crippen LogP contribution in [0.4, 0.5) is 11.4 Å². The number of carbonyl (C=O) groups excluding carboxylic acids is 1. The Kier molecular flexibility index (Phi) is 2.91. The summed E-state index contributed by atoms with van der Waals surface area (Å²) in [6.07, 6.45) is 0. The average Bonchev–Trinajstić information content (AvgIpc) is 2.69. The van der Waals surface area contributed by atoms with E-state index in [0.29, 0.717) is 5.02 Å². The number of para-hydroxylation sites is 1. The van der Waals surface area contributed by atoms with Crippen LogP contribution in [-0.2, 0) is 4.79 Å². The zero-order chi connectivity index (χ0) is 13.4. The van der Waals surface area contributed by atoms with Gasteiger partial charge in [0.2, 0.25) is 0 Å². The summed E-state index contributed by atoms with van der Waals surface area (Å²) in [6.45, 7) is 2.01. The van der Waals surface area contributed by atoms with Crippen LogP contribution in [0.15, 0.2) is 42.5 Å². The molecule has 3 rings (SSSR count). The molecule has 96 valence electrons. The van der Waals surface area contributed by atoms with Gasteiger partial charge in [-0.1, -0.05) is 41.4 Å². The SMILES string of the molecule is Cc1ccc2c(c1)C(Nc1ccccc1Cl)C(=O)N2. The summed E-state index contributed by atoms with van der Waals surface area (Å²) in [5.74, 6) is -0.0551. The molecular formula is C15H13ClN2O. The van der Waals surface area contributed by atoms with E-state index in [9.17, 15) is 4.79 Å². The van der Waals surface area contributed by atoms with Crippen molar-refractivity contribution in [2.24, 2.45) is 0 Å². The van der Waals surface area contributed by atoms with Crippen LogP contribution >= 0.6 is 11.6 Å². The minimum absolute atomic E-state index is 0.0551. The molecule has 1 amide bonds. The Morgan fingerprint density at radius 1 is 1.21 bits per heavy atom. The molecule has 0 fully saturated rings. The number of aryl methyl sites for hydroxylation is 1. The molecule has 0 spiro atoms. The van der Waals surface area contributed by atoms with Gasteiger partial charge in [-0.2, -0.15) is 0 Å². The number of halogens is 1. The van der Waals surface area contributed by atoms with Crippen LogP contribution in [0.2, 0.25) is 5.02 Å². The number of amides is 1. The maximum absolute atomic E-state index is 12.0. The fraction of sp³-hybridized carbons (Fsp3) is 0.133. The van der Waals surface area contributed by atoms with Gasteiger partial charge in [0, 0.05) is 11.3 Å². The van der Waals surface area contributed by atoms with Gasteiger partial charge in [-0.3, -0.25) is 4.79 Å². The molecule has 0 saturated heterocycles. The van der Waals surface area contributed by atoms with Crippen LogP contribution in [0.25, 0.3) is 0 Å². The number of carbonyl (C=O) groups is 1. The number of benzene rings is 2. The zero-order valence-corrected chi connectivity index (χ0v) is 11.2. The topological polar surface area (TPSA) is 41.1 Å². The second-order valence-corrected chi connectivity index (χ2v) is 5.04. The number of hydrogen-bond acceptors (Lipinski definition) is 2. The molecule has 0 radical (unpaired) electrons. The predicted molar refractivity (Wildman–Crippen MR) is 77.6 cm³/mol. The lowest BCUT2D eigenvalue weighted by atomic mass is 10.1. The molecule has 1 atom stereocenters. The number of rotatable bonds is 2. The summed E-state index contributed by atoms with van der Waals surface area (Å²) in [4.78, 5) is 12.0. The lowest BCUT2D eigenvalue weighted by Gasteiger charge is -2.14. The Morgan fingerprint density at radius 2 is 2.00 bits per heavy atom. The van der Waals surface area contributed by atoms with E-state index >= 15 is 0 Å². The summed E-state index contributed by atoms with van der Waals surface area (Å²) in [6, 6.07) is 12.9. The van der Waals surface area contributed by atoms with Crippen LogP contribution in [0.1, 0.15) is 17.2 Å². The highest BCUT2D eigenvalue weighted by molar-refractivity contribution is 6.33. The molecule has 3 nitrogen and oxygen atoms in total. The van der Waals surface area contributed by atoms with Gasteiger partial charge in [-0.05, 0) is 25.1 Å². The lowest BCUT2D eigenvalue weighted by molar-refractivity contribution is -0.116. The third-order valence-electron chi connectivity index (χ3n) is 3.21. The number of hydrogen-bond donors (Lipinski definition) is 2. The van der Waals surface area contributed by atoms with E-state index in [1.54, 1.807) is 6.07 Å². The molecule has 0 saturated carbocycles. The second kappa shape index (κ2) is 4.59. The fourth-order valence-corrected chi connectivity index (χ4v) is 2.45. The second-order valence-electron chi connectivity index (χ2n) is 4.64. The lowest BCUT2D eigenvalue weighted by Crippen LogP contribution is -2.19. The van der Waals surface area contributed by atoms with Gasteiger partial charge in [-0.15, -0.1) is 0 Å². The van der Waals surface area contributed by atoms with E-state index < -0.39 is 6.04 Å². The molecule has 2 aromatic carbocycles. The summed E-state index contributed by atoms with van der Waals surface area (Å²) >= 11 is 6.11. The van der Waals surface area contributed by atoms with E-state index in [1.165, 1.54) is 0 Å². The molecule has 0 aliphatic carbocycles. The first-order valence-electron chi connectivity index (χ1n) is 6.07. The Balaban J connectivity index is 1.97. The van der Waals surface area contributed by atoms with Crippen molar-refractivity contribution in [3.8, 4) is 0 Å². The van der Waals surface area contributed by atoms with Gasteiger partial charge in [0.15, 0.2) is 0 Å². The molecule has 2 aromatic rings.